The predicted molar refractivity (Wildman–Crippen MR) is 260 cm³/mol. The lowest BCUT2D eigenvalue weighted by Gasteiger charge is -2.72. The topological polar surface area (TPSA) is 394 Å². The summed E-state index contributed by atoms with van der Waals surface area (Å²) in [6.07, 6.45) is -31.2. The summed E-state index contributed by atoms with van der Waals surface area (Å²) in [5.74, 6) is -2.15. The van der Waals surface area contributed by atoms with Gasteiger partial charge in [0.2, 0.25) is 0 Å². The van der Waals surface area contributed by atoms with Crippen LogP contribution in [-0.4, -0.2) is 244 Å². The van der Waals surface area contributed by atoms with E-state index in [1.165, 1.54) is 6.92 Å². The molecule has 9 rings (SSSR count). The molecule has 0 aromatic rings. The summed E-state index contributed by atoms with van der Waals surface area (Å²) in [5.41, 5.74) is -3.38. The third-order valence-electron chi connectivity index (χ3n) is 21.4. The monoisotopic (exact) mass is 1110 g/mol. The number of rotatable bonds is 11. The minimum absolute atomic E-state index is 0.0323. The first-order chi connectivity index (χ1) is 35.9. The average Bonchev–Trinajstić information content (AvgIpc) is 3.45. The Bertz CT molecular complexity index is 2150. The summed E-state index contributed by atoms with van der Waals surface area (Å²) in [6.45, 7) is 14.3. The second-order valence-corrected chi connectivity index (χ2v) is 26.1. The minimum Gasteiger partial charge on any atom is -0.479 e. The van der Waals surface area contributed by atoms with Gasteiger partial charge in [-0.1, -0.05) is 60.1 Å². The molecule has 30 atom stereocenters. The Kier molecular flexibility index (Phi) is 16.5. The Morgan fingerprint density at radius 2 is 1.27 bits per heavy atom. The van der Waals surface area contributed by atoms with Crippen molar-refractivity contribution in [2.45, 2.75) is 241 Å². The number of fused-ring (bicyclic) bond motifs is 7. The highest BCUT2D eigenvalue weighted by molar-refractivity contribution is 5.73. The molecule has 8 fully saturated rings. The molecule has 0 spiro atoms. The molecule has 4 aliphatic heterocycles. The van der Waals surface area contributed by atoms with Gasteiger partial charge in [0.05, 0.1) is 55.8 Å². The van der Waals surface area contributed by atoms with Gasteiger partial charge in [0.25, 0.3) is 0 Å². The van der Waals surface area contributed by atoms with Crippen LogP contribution in [0.1, 0.15) is 100 Å². The Morgan fingerprint density at radius 1 is 0.649 bits per heavy atom. The van der Waals surface area contributed by atoms with E-state index in [4.69, 9.17) is 37.9 Å². The van der Waals surface area contributed by atoms with E-state index in [9.17, 15) is 81.4 Å². The molecule has 0 aromatic heterocycles. The van der Waals surface area contributed by atoms with Gasteiger partial charge in [-0.2, -0.15) is 0 Å². The lowest BCUT2D eigenvalue weighted by molar-refractivity contribution is -0.390. The smallest absolute Gasteiger partial charge is 0.335 e. The van der Waals surface area contributed by atoms with Crippen LogP contribution in [-0.2, 0) is 42.7 Å². The van der Waals surface area contributed by atoms with Crippen molar-refractivity contribution in [2.24, 2.45) is 50.2 Å². The Labute approximate surface area is 447 Å². The van der Waals surface area contributed by atoms with Crippen LogP contribution in [0.2, 0.25) is 0 Å². The quantitative estimate of drug-likeness (QED) is 0.0729. The number of aliphatic carboxylic acids is 1. The van der Waals surface area contributed by atoms with Crippen molar-refractivity contribution < 1.29 is 119 Å². The number of carboxylic acid groups (broad SMARTS) is 1. The van der Waals surface area contributed by atoms with E-state index in [0.29, 0.717) is 38.5 Å². The van der Waals surface area contributed by atoms with E-state index in [1.807, 2.05) is 27.7 Å². The molecule has 24 nitrogen and oxygen atoms in total. The molecule has 4 heterocycles. The molecular weight excluding hydrogens is 1020 g/mol. The summed E-state index contributed by atoms with van der Waals surface area (Å²) < 4.78 is 48.1. The number of carboxylic acids is 1. The number of aliphatic hydroxyl groups is 14. The second-order valence-electron chi connectivity index (χ2n) is 26.1. The molecule has 15 N–H and O–H groups in total. The Balaban J connectivity index is 0.988. The molecule has 5 aliphatic carbocycles. The van der Waals surface area contributed by atoms with Crippen LogP contribution in [0.4, 0.5) is 0 Å². The molecule has 30 unspecified atom stereocenters. The Hall–Kier alpha value is -1.67. The van der Waals surface area contributed by atoms with Gasteiger partial charge in [0, 0.05) is 0 Å². The fourth-order valence-electron chi connectivity index (χ4n) is 16.6. The molecule has 0 amide bonds. The standard InChI is InChI=1S/C53H86O24/c1-20-29(58)32(61)35(64)45(71-20)74-38-37(66)39(75-46-36(65)33(62)31(60)24(17-54)72-46)47(76-40(38)43(68)69)73-28-12-13-50(6)25(49(28,4)5)11-14-51(7)26(50)10-9-21-22-15-48(2,3)42(77-44-34(63)30(59)23(56)18-70-44)41(67)53(22,19-55)27(57)16-52(21,51)8/h9,20,22-42,44-47,54-67H,10-19H2,1-8H3,(H,68,69). The van der Waals surface area contributed by atoms with Crippen molar-refractivity contribution in [3.63, 3.8) is 0 Å². The lowest BCUT2D eigenvalue weighted by Crippen LogP contribution is -2.72. The molecule has 24 heteroatoms. The predicted octanol–water partition coefficient (Wildman–Crippen LogP) is -2.89. The van der Waals surface area contributed by atoms with Crippen molar-refractivity contribution in [3.05, 3.63) is 11.6 Å². The highest BCUT2D eigenvalue weighted by Gasteiger charge is 2.73. The molecule has 4 saturated heterocycles. The van der Waals surface area contributed by atoms with Gasteiger partial charge < -0.3 is 114 Å². The first kappa shape index (κ1) is 59.9. The Morgan fingerprint density at radius 3 is 1.91 bits per heavy atom. The first-order valence-corrected chi connectivity index (χ1v) is 27.4. The zero-order valence-corrected chi connectivity index (χ0v) is 45.0. The molecule has 4 saturated carbocycles. The largest absolute Gasteiger partial charge is 0.479 e. The van der Waals surface area contributed by atoms with Crippen LogP contribution in [0, 0.1) is 50.2 Å². The normalized spacial score (nSPS) is 55.4. The second kappa shape index (κ2) is 21.2. The van der Waals surface area contributed by atoms with Gasteiger partial charge in [-0.3, -0.25) is 0 Å². The van der Waals surface area contributed by atoms with Crippen LogP contribution in [0.5, 0.6) is 0 Å². The summed E-state index contributed by atoms with van der Waals surface area (Å²) in [4.78, 5) is 13.1. The maximum absolute atomic E-state index is 13.1. The molecular formula is C53H86O24. The highest BCUT2D eigenvalue weighted by Crippen LogP contribution is 2.76. The van der Waals surface area contributed by atoms with Crippen LogP contribution in [0.25, 0.3) is 0 Å². The number of ether oxygens (including phenoxy) is 8. The van der Waals surface area contributed by atoms with E-state index in [-0.39, 0.29) is 30.3 Å². The maximum atomic E-state index is 13.1. The van der Waals surface area contributed by atoms with Crippen molar-refractivity contribution >= 4 is 5.97 Å². The van der Waals surface area contributed by atoms with E-state index in [1.54, 1.807) is 0 Å². The third-order valence-corrected chi connectivity index (χ3v) is 21.4. The fourth-order valence-corrected chi connectivity index (χ4v) is 16.6. The van der Waals surface area contributed by atoms with Gasteiger partial charge in [-0.05, 0) is 96.7 Å². The van der Waals surface area contributed by atoms with Crippen molar-refractivity contribution in [1.29, 1.82) is 0 Å². The number of hydrogen-bond acceptors (Lipinski definition) is 23. The van der Waals surface area contributed by atoms with Crippen molar-refractivity contribution in [2.75, 3.05) is 19.8 Å². The molecule has 442 valence electrons. The number of aliphatic hydroxyl groups excluding tert-OH is 14. The van der Waals surface area contributed by atoms with Gasteiger partial charge >= 0.3 is 5.97 Å². The van der Waals surface area contributed by atoms with E-state index >= 15 is 0 Å². The zero-order chi connectivity index (χ0) is 56.6. The summed E-state index contributed by atoms with van der Waals surface area (Å²) in [5, 5.41) is 165. The van der Waals surface area contributed by atoms with E-state index in [0.717, 1.165) is 5.57 Å². The lowest BCUT2D eigenvalue weighted by atomic mass is 9.33. The zero-order valence-electron chi connectivity index (χ0n) is 45.0. The average molecular weight is 1110 g/mol. The van der Waals surface area contributed by atoms with Crippen molar-refractivity contribution in [1.82, 2.24) is 0 Å². The van der Waals surface area contributed by atoms with Crippen LogP contribution in [0.15, 0.2) is 11.6 Å². The first-order valence-electron chi connectivity index (χ1n) is 27.4. The molecule has 0 bridgehead atoms. The fraction of sp³-hybridized carbons (Fsp3) is 0.943. The number of allylic oxidation sites excluding steroid dienone is 2. The number of hydrogen-bond donors (Lipinski definition) is 15. The molecule has 9 aliphatic rings. The summed E-state index contributed by atoms with van der Waals surface area (Å²) >= 11 is 0. The SMILES string of the molecule is CC1OC(OC2C(C(=O)O)OC(OC3CCC4(C)C(CCC5(C)C4CC=C4C6CC(C)(C)C(OC7OCC(O)C(O)C7O)C(O)C6(CO)C(O)CC45C)C3(C)C)C(OC3OC(CO)C(O)C(O)C3O)C2O)C(O)C(O)C1O. The third kappa shape index (κ3) is 9.31. The van der Waals surface area contributed by atoms with Crippen LogP contribution >= 0.6 is 0 Å². The minimum atomic E-state index is -2.05. The van der Waals surface area contributed by atoms with E-state index < -0.39 is 193 Å². The van der Waals surface area contributed by atoms with Crippen LogP contribution < -0.4 is 0 Å². The van der Waals surface area contributed by atoms with Crippen molar-refractivity contribution in [3.8, 4) is 0 Å². The molecule has 0 radical (unpaired) electrons. The molecule has 77 heavy (non-hydrogen) atoms. The maximum Gasteiger partial charge on any atom is 0.335 e. The number of carbonyl (C=O) groups is 1. The summed E-state index contributed by atoms with van der Waals surface area (Å²) in [7, 11) is 0. The van der Waals surface area contributed by atoms with Gasteiger partial charge in [-0.25, -0.2) is 4.79 Å². The van der Waals surface area contributed by atoms with E-state index in [2.05, 4.69) is 26.8 Å². The molecule has 0 aromatic carbocycles. The van der Waals surface area contributed by atoms with Gasteiger partial charge in [0.1, 0.15) is 79.4 Å². The van der Waals surface area contributed by atoms with Gasteiger partial charge in [-0.15, -0.1) is 0 Å². The van der Waals surface area contributed by atoms with Crippen LogP contribution in [0.3, 0.4) is 0 Å². The summed E-state index contributed by atoms with van der Waals surface area (Å²) in [6, 6.07) is 0. The highest BCUT2D eigenvalue weighted by atomic mass is 16.8. The van der Waals surface area contributed by atoms with Gasteiger partial charge in [0.15, 0.2) is 31.3 Å².